The van der Waals surface area contributed by atoms with Crippen molar-refractivity contribution in [1.82, 2.24) is 9.97 Å². The molecule has 4 aliphatic rings. The first-order chi connectivity index (χ1) is 32.9. The van der Waals surface area contributed by atoms with Crippen LogP contribution < -0.4 is 31.3 Å². The lowest BCUT2D eigenvalue weighted by Crippen LogP contribution is -2.29. The molecule has 2 amide bonds. The van der Waals surface area contributed by atoms with Gasteiger partial charge in [0, 0.05) is 59.0 Å². The number of hydrogen-bond acceptors (Lipinski definition) is 6. The third kappa shape index (κ3) is 10.0. The van der Waals surface area contributed by atoms with Crippen LogP contribution in [0.15, 0.2) is 94.8 Å². The Hall–Kier alpha value is -6.42. The van der Waals surface area contributed by atoms with Crippen LogP contribution in [-0.4, -0.2) is 45.9 Å². The number of carbonyl (C=O) groups is 2. The lowest BCUT2D eigenvalue weighted by molar-refractivity contribution is -0.137. The number of aromatic nitrogens is 2. The predicted molar refractivity (Wildman–Crippen MR) is 249 cm³/mol. The number of pyridine rings is 2. The van der Waals surface area contributed by atoms with Gasteiger partial charge in [-0.2, -0.15) is 52.7 Å². The fourth-order valence-electron chi connectivity index (χ4n) is 10.5. The molecule has 0 unspecified atom stereocenters. The molecule has 0 atom stereocenters. The van der Waals surface area contributed by atoms with Gasteiger partial charge in [0.2, 0.25) is 10.9 Å². The quantitative estimate of drug-likeness (QED) is 0.123. The molecule has 10 rings (SSSR count). The Kier molecular flexibility index (Phi) is 14.5. The number of hydrogen-bond donors (Lipinski definition) is 4. The van der Waals surface area contributed by atoms with Gasteiger partial charge in [-0.15, -0.1) is 24.8 Å². The average molecular weight is 1060 g/mol. The topological polar surface area (TPSA) is 130 Å². The summed E-state index contributed by atoms with van der Waals surface area (Å²) in [4.78, 5) is 60.1. The maximum absolute atomic E-state index is 13.9. The number of nitrogens with one attached hydrogen (secondary N) is 4. The minimum Gasteiger partial charge on any atom is -0.366 e. The van der Waals surface area contributed by atoms with Crippen molar-refractivity contribution in [1.29, 1.82) is 0 Å². The molecule has 384 valence electrons. The molecule has 6 aromatic rings. The van der Waals surface area contributed by atoms with Crippen molar-refractivity contribution in [3.63, 3.8) is 0 Å². The number of fused-ring (bicyclic) bond motifs is 6. The molecule has 4 bridgehead atoms. The van der Waals surface area contributed by atoms with Gasteiger partial charge in [0.05, 0.1) is 44.4 Å². The van der Waals surface area contributed by atoms with Crippen molar-refractivity contribution in [2.45, 2.75) is 100 Å². The van der Waals surface area contributed by atoms with E-state index in [-0.39, 0.29) is 60.0 Å². The Labute approximate surface area is 412 Å². The summed E-state index contributed by atoms with van der Waals surface area (Å²) in [5.74, 6) is -2.49. The van der Waals surface area contributed by atoms with E-state index in [9.17, 15) is 71.9 Å². The second-order valence-electron chi connectivity index (χ2n) is 17.6. The minimum absolute atomic E-state index is 0. The molecule has 72 heavy (non-hydrogen) atoms. The van der Waals surface area contributed by atoms with E-state index in [1.165, 1.54) is 24.3 Å². The summed E-state index contributed by atoms with van der Waals surface area (Å²) >= 11 is 0. The van der Waals surface area contributed by atoms with Crippen LogP contribution in [0.5, 0.6) is 0 Å². The number of nitrogens with zero attached hydrogens (tertiary/aromatic N) is 2. The summed E-state index contributed by atoms with van der Waals surface area (Å²) in [6.07, 6.45) is -10.3. The zero-order valence-electron chi connectivity index (χ0n) is 36.9. The van der Waals surface area contributed by atoms with Gasteiger partial charge in [0.25, 0.3) is 11.8 Å². The van der Waals surface area contributed by atoms with E-state index in [4.69, 9.17) is 0 Å². The van der Waals surface area contributed by atoms with Crippen molar-refractivity contribution in [2.75, 3.05) is 20.4 Å². The Morgan fingerprint density at radius 3 is 1.06 bits per heavy atom. The van der Waals surface area contributed by atoms with Crippen LogP contribution in [0.1, 0.15) is 94.3 Å². The highest BCUT2D eigenvalue weighted by Gasteiger charge is 2.44. The normalized spacial score (nSPS) is 19.4. The van der Waals surface area contributed by atoms with Gasteiger partial charge in [-0.3, -0.25) is 19.2 Å². The van der Waals surface area contributed by atoms with Crippen molar-refractivity contribution in [2.24, 2.45) is 0 Å². The Bertz CT molecular complexity index is 2940. The SMILES string of the molecule is Cl.Cl.O=C(Nc1ccc(N2C3CCC2CC3)cc1C(F)(F)F)c1c[nH]c2cccc(C(F)(F)F)c2c1=O.O=C(Nc1ccc(N2C3CCC2CC3)cc1C(F)(F)F)c1c[nH]c2cccc(C(F)(F)F)c2c1=O. The summed E-state index contributed by atoms with van der Waals surface area (Å²) in [7, 11) is 0. The minimum atomic E-state index is -4.87. The maximum Gasteiger partial charge on any atom is 0.418 e. The van der Waals surface area contributed by atoms with Gasteiger partial charge in [-0.25, -0.2) is 0 Å². The fraction of sp³-hybridized carbons (Fsp3) is 0.333. The van der Waals surface area contributed by atoms with Crippen LogP contribution in [0.3, 0.4) is 0 Å². The van der Waals surface area contributed by atoms with Crippen LogP contribution in [0.4, 0.5) is 75.4 Å². The number of benzene rings is 4. The highest BCUT2D eigenvalue weighted by Crippen LogP contribution is 2.46. The Morgan fingerprint density at radius 2 is 0.764 bits per heavy atom. The first kappa shape index (κ1) is 53.4. The first-order valence-electron chi connectivity index (χ1n) is 21.9. The highest BCUT2D eigenvalue weighted by atomic mass is 35.5. The zero-order chi connectivity index (χ0) is 50.2. The number of rotatable bonds is 6. The van der Waals surface area contributed by atoms with E-state index < -0.39 is 103 Å². The van der Waals surface area contributed by atoms with E-state index in [0.717, 1.165) is 100 Å². The second-order valence-corrected chi connectivity index (χ2v) is 17.6. The van der Waals surface area contributed by atoms with Crippen LogP contribution in [0, 0.1) is 0 Å². The molecule has 10 nitrogen and oxygen atoms in total. The molecule has 4 aliphatic heterocycles. The number of amides is 2. The molecule has 0 radical (unpaired) electrons. The van der Waals surface area contributed by atoms with Crippen LogP contribution in [-0.2, 0) is 24.7 Å². The van der Waals surface area contributed by atoms with Crippen LogP contribution in [0.2, 0.25) is 0 Å². The van der Waals surface area contributed by atoms with Crippen molar-refractivity contribution in [3.05, 3.63) is 139 Å². The summed E-state index contributed by atoms with van der Waals surface area (Å²) in [5.41, 5.74) is -9.27. The molecule has 4 fully saturated rings. The van der Waals surface area contributed by atoms with Crippen molar-refractivity contribution >= 4 is 81.2 Å². The van der Waals surface area contributed by atoms with Crippen molar-refractivity contribution < 1.29 is 62.3 Å². The molecular weight excluding hydrogens is 1020 g/mol. The van der Waals surface area contributed by atoms with E-state index in [2.05, 4.69) is 20.6 Å². The number of H-pyrrole nitrogens is 2. The lowest BCUT2D eigenvalue weighted by Gasteiger charge is -2.26. The van der Waals surface area contributed by atoms with E-state index in [0.29, 0.717) is 23.5 Å². The third-order valence-corrected chi connectivity index (χ3v) is 13.5. The largest absolute Gasteiger partial charge is 0.418 e. The monoisotopic (exact) mass is 1060 g/mol. The van der Waals surface area contributed by atoms with Gasteiger partial charge >= 0.3 is 24.7 Å². The lowest BCUT2D eigenvalue weighted by atomic mass is 10.0. The van der Waals surface area contributed by atoms with E-state index in [1.807, 2.05) is 9.80 Å². The maximum atomic E-state index is 13.9. The van der Waals surface area contributed by atoms with Gasteiger partial charge in [0.1, 0.15) is 11.1 Å². The molecule has 4 N–H and O–H groups in total. The van der Waals surface area contributed by atoms with E-state index >= 15 is 0 Å². The summed E-state index contributed by atoms with van der Waals surface area (Å²) in [6.45, 7) is 0. The van der Waals surface area contributed by atoms with Crippen LogP contribution >= 0.6 is 24.8 Å². The van der Waals surface area contributed by atoms with Gasteiger partial charge < -0.3 is 30.4 Å². The molecule has 2 aromatic heterocycles. The number of anilines is 4. The molecule has 4 saturated heterocycles. The third-order valence-electron chi connectivity index (χ3n) is 13.5. The number of alkyl halides is 12. The number of aromatic amines is 2. The van der Waals surface area contributed by atoms with Crippen molar-refractivity contribution in [3.8, 4) is 0 Å². The summed E-state index contributed by atoms with van der Waals surface area (Å²) < 4.78 is 164. The molecule has 4 aromatic carbocycles. The number of halogens is 14. The van der Waals surface area contributed by atoms with Gasteiger partial charge in [-0.1, -0.05) is 12.1 Å². The van der Waals surface area contributed by atoms with Gasteiger partial charge in [0.15, 0.2) is 0 Å². The summed E-state index contributed by atoms with van der Waals surface area (Å²) in [5, 5.41) is 2.63. The molecular formula is C48H40Cl2F12N6O4. The molecule has 24 heteroatoms. The smallest absolute Gasteiger partial charge is 0.366 e. The molecule has 0 aliphatic carbocycles. The summed E-state index contributed by atoms with van der Waals surface area (Å²) in [6, 6.07) is 13.9. The molecule has 0 saturated carbocycles. The average Bonchev–Trinajstić information content (AvgIpc) is 4.10. The first-order valence-corrected chi connectivity index (χ1v) is 21.9. The zero-order valence-corrected chi connectivity index (χ0v) is 38.6. The molecule has 0 spiro atoms. The standard InChI is InChI=1S/2C24H19F6N3O2.2ClH/c2*25-23(26,27)16-2-1-3-19-20(16)21(34)15(11-31-19)22(35)32-18-9-8-14(10-17(18)24(28,29)30)33-12-4-5-13(33)7-6-12;;/h2*1-3,8-13H,4-7H2,(H,31,34)(H,32,35);2*1H. The predicted octanol–water partition coefficient (Wildman–Crippen LogP) is 12.7. The Balaban J connectivity index is 0.000000206. The number of carbonyl (C=O) groups excluding carboxylic acids is 2. The van der Waals surface area contributed by atoms with E-state index in [1.54, 1.807) is 0 Å². The van der Waals surface area contributed by atoms with Gasteiger partial charge in [-0.05, 0) is 112 Å². The second kappa shape index (κ2) is 19.5. The highest BCUT2D eigenvalue weighted by molar-refractivity contribution is 6.07. The Morgan fingerprint density at radius 1 is 0.458 bits per heavy atom. The molecule has 6 heterocycles. The fourth-order valence-corrected chi connectivity index (χ4v) is 10.5. The van der Waals surface area contributed by atoms with Crippen LogP contribution in [0.25, 0.3) is 21.8 Å².